The minimum atomic E-state index is -0.182. The topological polar surface area (TPSA) is 29.1 Å². The molecule has 2 nitrogen and oxygen atoms in total. The van der Waals surface area contributed by atoms with Gasteiger partial charge in [-0.1, -0.05) is 40.0 Å². The zero-order valence-corrected chi connectivity index (χ0v) is 11.3. The van der Waals surface area contributed by atoms with Crippen LogP contribution in [-0.2, 0) is 4.79 Å². The van der Waals surface area contributed by atoms with E-state index in [9.17, 15) is 4.79 Å². The van der Waals surface area contributed by atoms with Gasteiger partial charge in [-0.05, 0) is 19.3 Å². The molecular formula is C12H25NOS. The number of hydrogen-bond acceptors (Lipinski definition) is 2. The third-order valence-electron chi connectivity index (χ3n) is 2.53. The fourth-order valence-corrected chi connectivity index (χ4v) is 1.48. The Kier molecular flexibility index (Phi) is 7.93. The molecule has 0 aromatic carbocycles. The molecule has 0 aromatic rings. The highest BCUT2D eigenvalue weighted by Gasteiger charge is 2.18. The van der Waals surface area contributed by atoms with Gasteiger partial charge in [0.05, 0.1) is 5.25 Å². The van der Waals surface area contributed by atoms with E-state index in [1.54, 1.807) is 0 Å². The van der Waals surface area contributed by atoms with Crippen molar-refractivity contribution in [3.8, 4) is 0 Å². The Morgan fingerprint density at radius 3 is 2.33 bits per heavy atom. The zero-order valence-electron chi connectivity index (χ0n) is 10.4. The monoisotopic (exact) mass is 231 g/mol. The lowest BCUT2D eigenvalue weighted by atomic mass is 10.1. The molecule has 0 rings (SSSR count). The predicted octanol–water partition coefficient (Wildman–Crippen LogP) is 3.03. The number of hydrogen-bond donors (Lipinski definition) is 2. The van der Waals surface area contributed by atoms with Crippen molar-refractivity contribution >= 4 is 18.5 Å². The van der Waals surface area contributed by atoms with E-state index in [1.807, 2.05) is 13.8 Å². The SMILES string of the molecule is CCCCCC(C)NC(=O)C(S)C(C)C. The summed E-state index contributed by atoms with van der Waals surface area (Å²) in [6.07, 6.45) is 4.73. The Morgan fingerprint density at radius 1 is 1.27 bits per heavy atom. The van der Waals surface area contributed by atoms with E-state index in [0.29, 0.717) is 0 Å². The largest absolute Gasteiger partial charge is 0.353 e. The van der Waals surface area contributed by atoms with Gasteiger partial charge < -0.3 is 5.32 Å². The molecule has 0 heterocycles. The van der Waals surface area contributed by atoms with E-state index >= 15 is 0 Å². The number of carbonyl (C=O) groups excluding carboxylic acids is 1. The summed E-state index contributed by atoms with van der Waals surface area (Å²) in [4.78, 5) is 11.6. The van der Waals surface area contributed by atoms with Crippen molar-refractivity contribution < 1.29 is 4.79 Å². The Morgan fingerprint density at radius 2 is 1.87 bits per heavy atom. The van der Waals surface area contributed by atoms with Crippen LogP contribution < -0.4 is 5.32 Å². The first-order valence-electron chi connectivity index (χ1n) is 5.97. The van der Waals surface area contributed by atoms with Crippen molar-refractivity contribution in [1.29, 1.82) is 0 Å². The van der Waals surface area contributed by atoms with Crippen molar-refractivity contribution in [2.24, 2.45) is 5.92 Å². The lowest BCUT2D eigenvalue weighted by Crippen LogP contribution is -2.39. The molecule has 0 aliphatic carbocycles. The van der Waals surface area contributed by atoms with Crippen LogP contribution in [0.1, 0.15) is 53.4 Å². The third kappa shape index (κ3) is 6.82. The molecule has 2 atom stereocenters. The first-order valence-corrected chi connectivity index (χ1v) is 6.49. The zero-order chi connectivity index (χ0) is 11.8. The van der Waals surface area contributed by atoms with Crippen LogP contribution in [0.25, 0.3) is 0 Å². The van der Waals surface area contributed by atoms with E-state index in [1.165, 1.54) is 19.3 Å². The quantitative estimate of drug-likeness (QED) is 0.512. The molecule has 0 radical (unpaired) electrons. The van der Waals surface area contributed by atoms with E-state index in [-0.39, 0.29) is 23.1 Å². The number of thiol groups is 1. The van der Waals surface area contributed by atoms with Gasteiger partial charge in [0.15, 0.2) is 0 Å². The van der Waals surface area contributed by atoms with Crippen LogP contribution >= 0.6 is 12.6 Å². The summed E-state index contributed by atoms with van der Waals surface area (Å²) in [5.74, 6) is 0.355. The Bertz CT molecular complexity index is 182. The minimum absolute atomic E-state index is 0.0670. The van der Waals surface area contributed by atoms with Crippen LogP contribution in [0.15, 0.2) is 0 Å². The summed E-state index contributed by atoms with van der Waals surface area (Å²) in [7, 11) is 0. The third-order valence-corrected chi connectivity index (χ3v) is 3.36. The highest BCUT2D eigenvalue weighted by molar-refractivity contribution is 7.81. The summed E-state index contributed by atoms with van der Waals surface area (Å²) in [5, 5.41) is 2.82. The summed E-state index contributed by atoms with van der Waals surface area (Å²) in [5.41, 5.74) is 0. The molecule has 1 amide bonds. The van der Waals surface area contributed by atoms with Crippen molar-refractivity contribution in [1.82, 2.24) is 5.32 Å². The number of unbranched alkanes of at least 4 members (excludes halogenated alkanes) is 2. The van der Waals surface area contributed by atoms with Gasteiger partial charge in [-0.15, -0.1) is 0 Å². The Balaban J connectivity index is 3.75. The Hall–Kier alpha value is -0.180. The number of carbonyl (C=O) groups is 1. The molecule has 15 heavy (non-hydrogen) atoms. The van der Waals surface area contributed by atoms with Crippen LogP contribution in [0, 0.1) is 5.92 Å². The molecule has 0 bridgehead atoms. The predicted molar refractivity (Wildman–Crippen MR) is 69.4 cm³/mol. The summed E-state index contributed by atoms with van der Waals surface area (Å²) >= 11 is 4.29. The fourth-order valence-electron chi connectivity index (χ4n) is 1.40. The molecule has 2 unspecified atom stereocenters. The van der Waals surface area contributed by atoms with Crippen LogP contribution in [0.4, 0.5) is 0 Å². The standard InChI is InChI=1S/C12H25NOS/c1-5-6-7-8-10(4)13-12(14)11(15)9(2)3/h9-11,15H,5-8H2,1-4H3,(H,13,14). The average Bonchev–Trinajstić information content (AvgIpc) is 2.16. The smallest absolute Gasteiger partial charge is 0.233 e. The summed E-state index contributed by atoms with van der Waals surface area (Å²) in [6, 6.07) is 0.275. The van der Waals surface area contributed by atoms with Gasteiger partial charge in [0, 0.05) is 6.04 Å². The van der Waals surface area contributed by atoms with Crippen molar-refractivity contribution in [2.45, 2.75) is 64.7 Å². The average molecular weight is 231 g/mol. The van der Waals surface area contributed by atoms with Gasteiger partial charge in [0.25, 0.3) is 0 Å². The van der Waals surface area contributed by atoms with Gasteiger partial charge in [0.1, 0.15) is 0 Å². The van der Waals surface area contributed by atoms with E-state index in [0.717, 1.165) is 6.42 Å². The van der Waals surface area contributed by atoms with Crippen molar-refractivity contribution in [3.05, 3.63) is 0 Å². The normalized spacial score (nSPS) is 15.1. The van der Waals surface area contributed by atoms with Crippen LogP contribution in [0.2, 0.25) is 0 Å². The van der Waals surface area contributed by atoms with Crippen molar-refractivity contribution in [2.75, 3.05) is 0 Å². The second-order valence-electron chi connectivity index (χ2n) is 4.59. The highest BCUT2D eigenvalue weighted by atomic mass is 32.1. The van der Waals surface area contributed by atoms with Crippen molar-refractivity contribution in [3.63, 3.8) is 0 Å². The molecule has 0 saturated carbocycles. The lowest BCUT2D eigenvalue weighted by molar-refractivity contribution is -0.121. The Labute approximate surface area is 99.6 Å². The minimum Gasteiger partial charge on any atom is -0.353 e. The molecule has 3 heteroatoms. The lowest BCUT2D eigenvalue weighted by Gasteiger charge is -2.19. The van der Waals surface area contributed by atoms with Gasteiger partial charge in [-0.2, -0.15) is 12.6 Å². The number of amides is 1. The molecule has 0 fully saturated rings. The fraction of sp³-hybridized carbons (Fsp3) is 0.917. The number of rotatable bonds is 7. The molecule has 0 saturated heterocycles. The van der Waals surface area contributed by atoms with Crippen LogP contribution in [0.3, 0.4) is 0 Å². The molecule has 90 valence electrons. The van der Waals surface area contributed by atoms with Crippen LogP contribution in [-0.4, -0.2) is 17.2 Å². The molecule has 0 aliphatic rings. The van der Waals surface area contributed by atoms with E-state index in [2.05, 4.69) is 31.8 Å². The van der Waals surface area contributed by atoms with E-state index in [4.69, 9.17) is 0 Å². The number of nitrogens with one attached hydrogen (secondary N) is 1. The first kappa shape index (κ1) is 14.8. The molecule has 0 spiro atoms. The van der Waals surface area contributed by atoms with Gasteiger partial charge in [-0.25, -0.2) is 0 Å². The maximum atomic E-state index is 11.6. The molecular weight excluding hydrogens is 206 g/mol. The van der Waals surface area contributed by atoms with Crippen LogP contribution in [0.5, 0.6) is 0 Å². The highest BCUT2D eigenvalue weighted by Crippen LogP contribution is 2.10. The van der Waals surface area contributed by atoms with Gasteiger partial charge in [-0.3, -0.25) is 4.79 Å². The molecule has 1 N–H and O–H groups in total. The first-order chi connectivity index (χ1) is 6.99. The van der Waals surface area contributed by atoms with Gasteiger partial charge in [0.2, 0.25) is 5.91 Å². The second-order valence-corrected chi connectivity index (χ2v) is 5.15. The summed E-state index contributed by atoms with van der Waals surface area (Å²) in [6.45, 7) is 8.28. The van der Waals surface area contributed by atoms with Gasteiger partial charge >= 0.3 is 0 Å². The second kappa shape index (κ2) is 8.03. The maximum absolute atomic E-state index is 11.6. The van der Waals surface area contributed by atoms with E-state index < -0.39 is 0 Å². The molecule has 0 aromatic heterocycles. The summed E-state index contributed by atoms with van der Waals surface area (Å²) < 4.78 is 0. The molecule has 0 aliphatic heterocycles. The maximum Gasteiger partial charge on any atom is 0.233 e.